The number of rotatable bonds is 6. The predicted octanol–water partition coefficient (Wildman–Crippen LogP) is 3.58. The standard InChI is InChI=1S/C26H25F2N7O2S/c1-25(2)16-7-10-26(25,23-15(16)13-19(32-33-23)22-17(27)5-4-6-18(22)28)20-8-11-29-24(31-20)35-14-30-21(34-35)9-12-38(3,36)37/h4-6,8,11,13-14,16H,7,9-10,12H2,1-3H3/t16-,26?/m0/s1. The van der Waals surface area contributed by atoms with Gasteiger partial charge in [0.05, 0.1) is 33.8 Å². The molecule has 0 radical (unpaired) electrons. The maximum absolute atomic E-state index is 14.5. The Morgan fingerprint density at radius 2 is 1.87 bits per heavy atom. The van der Waals surface area contributed by atoms with Crippen molar-refractivity contribution in [3.63, 3.8) is 0 Å². The number of halogens is 2. The van der Waals surface area contributed by atoms with Crippen molar-refractivity contribution in [2.24, 2.45) is 5.41 Å². The second-order valence-corrected chi connectivity index (χ2v) is 12.8. The summed E-state index contributed by atoms with van der Waals surface area (Å²) >= 11 is 0. The molecule has 0 N–H and O–H groups in total. The number of hydrogen-bond acceptors (Lipinski definition) is 8. The molecule has 1 saturated carbocycles. The molecule has 1 aromatic carbocycles. The van der Waals surface area contributed by atoms with E-state index in [1.165, 1.54) is 35.5 Å². The lowest BCUT2D eigenvalue weighted by molar-refractivity contribution is 0.242. The van der Waals surface area contributed by atoms with Gasteiger partial charge < -0.3 is 0 Å². The summed E-state index contributed by atoms with van der Waals surface area (Å²) < 4.78 is 53.5. The van der Waals surface area contributed by atoms with Crippen molar-refractivity contribution in [3.8, 4) is 17.2 Å². The van der Waals surface area contributed by atoms with Crippen LogP contribution in [-0.2, 0) is 21.7 Å². The number of hydrogen-bond donors (Lipinski definition) is 0. The molecule has 0 amide bonds. The van der Waals surface area contributed by atoms with Crippen LogP contribution < -0.4 is 0 Å². The molecule has 1 unspecified atom stereocenters. The Kier molecular flexibility index (Phi) is 5.46. The summed E-state index contributed by atoms with van der Waals surface area (Å²) in [6.07, 6.45) is 6.13. The first-order chi connectivity index (χ1) is 18.0. The van der Waals surface area contributed by atoms with Crippen LogP contribution in [0.2, 0.25) is 0 Å². The van der Waals surface area contributed by atoms with E-state index in [2.05, 4.69) is 39.1 Å². The number of sulfone groups is 1. The second-order valence-electron chi connectivity index (χ2n) is 10.6. The topological polar surface area (TPSA) is 116 Å². The van der Waals surface area contributed by atoms with Crippen LogP contribution in [0, 0.1) is 17.0 Å². The van der Waals surface area contributed by atoms with Gasteiger partial charge in [-0.15, -0.1) is 10.2 Å². The molecule has 0 aliphatic heterocycles. The zero-order valence-corrected chi connectivity index (χ0v) is 21.9. The van der Waals surface area contributed by atoms with Crippen molar-refractivity contribution < 1.29 is 17.2 Å². The van der Waals surface area contributed by atoms with E-state index in [0.29, 0.717) is 11.8 Å². The van der Waals surface area contributed by atoms with Gasteiger partial charge in [-0.1, -0.05) is 19.9 Å². The van der Waals surface area contributed by atoms with E-state index in [-0.39, 0.29) is 34.8 Å². The third-order valence-electron chi connectivity index (χ3n) is 8.12. The van der Waals surface area contributed by atoms with Gasteiger partial charge in [0, 0.05) is 18.9 Å². The van der Waals surface area contributed by atoms with Crippen molar-refractivity contribution in [3.05, 3.63) is 77.3 Å². The fraction of sp³-hybridized carbons (Fsp3) is 0.385. The van der Waals surface area contributed by atoms with Crippen LogP contribution in [0.3, 0.4) is 0 Å². The molecule has 3 heterocycles. The van der Waals surface area contributed by atoms with E-state index < -0.39 is 26.9 Å². The van der Waals surface area contributed by atoms with Gasteiger partial charge in [-0.3, -0.25) is 0 Å². The molecule has 1 fully saturated rings. The summed E-state index contributed by atoms with van der Waals surface area (Å²) in [6, 6.07) is 7.38. The molecule has 12 heteroatoms. The summed E-state index contributed by atoms with van der Waals surface area (Å²) in [5.74, 6) is -0.616. The first-order valence-corrected chi connectivity index (χ1v) is 14.3. The minimum absolute atomic E-state index is 0.0508. The monoisotopic (exact) mass is 537 g/mol. The first-order valence-electron chi connectivity index (χ1n) is 12.3. The first kappa shape index (κ1) is 24.7. The van der Waals surface area contributed by atoms with E-state index in [4.69, 9.17) is 4.98 Å². The van der Waals surface area contributed by atoms with Crippen LogP contribution in [0.25, 0.3) is 17.2 Å². The molecule has 9 nitrogen and oxygen atoms in total. The maximum atomic E-state index is 14.5. The van der Waals surface area contributed by atoms with E-state index in [1.807, 2.05) is 6.07 Å². The average molecular weight is 538 g/mol. The molecule has 4 aromatic rings. The van der Waals surface area contributed by atoms with Crippen LogP contribution in [0.5, 0.6) is 0 Å². The third kappa shape index (κ3) is 3.64. The third-order valence-corrected chi connectivity index (χ3v) is 9.07. The fourth-order valence-corrected chi connectivity index (χ4v) is 6.79. The number of aryl methyl sites for hydroxylation is 1. The summed E-state index contributed by atoms with van der Waals surface area (Å²) in [4.78, 5) is 13.4. The van der Waals surface area contributed by atoms with Gasteiger partial charge in [-0.25, -0.2) is 32.2 Å². The molecular weight excluding hydrogens is 512 g/mol. The van der Waals surface area contributed by atoms with Gasteiger partial charge in [0.1, 0.15) is 27.8 Å². The Hall–Kier alpha value is -3.67. The Morgan fingerprint density at radius 1 is 1.11 bits per heavy atom. The maximum Gasteiger partial charge on any atom is 0.252 e. The van der Waals surface area contributed by atoms with Gasteiger partial charge in [-0.2, -0.15) is 9.78 Å². The normalized spacial score (nSPS) is 21.6. The van der Waals surface area contributed by atoms with E-state index in [0.717, 1.165) is 29.8 Å². The molecule has 2 atom stereocenters. The van der Waals surface area contributed by atoms with Crippen molar-refractivity contribution in [2.75, 3.05) is 12.0 Å². The molecule has 196 valence electrons. The van der Waals surface area contributed by atoms with Gasteiger partial charge in [-0.05, 0) is 54.0 Å². The van der Waals surface area contributed by atoms with Gasteiger partial charge >= 0.3 is 0 Å². The van der Waals surface area contributed by atoms with Crippen LogP contribution in [0.4, 0.5) is 8.78 Å². The molecule has 2 aliphatic rings. The lowest BCUT2D eigenvalue weighted by atomic mass is 9.66. The second kappa shape index (κ2) is 8.42. The highest BCUT2D eigenvalue weighted by Gasteiger charge is 2.65. The highest BCUT2D eigenvalue weighted by Crippen LogP contribution is 2.69. The summed E-state index contributed by atoms with van der Waals surface area (Å²) in [6.45, 7) is 4.33. The van der Waals surface area contributed by atoms with E-state index >= 15 is 0 Å². The molecule has 2 aliphatic carbocycles. The summed E-state index contributed by atoms with van der Waals surface area (Å²) in [7, 11) is -3.14. The number of aromatic nitrogens is 7. The van der Waals surface area contributed by atoms with Crippen molar-refractivity contribution in [2.45, 2.75) is 44.4 Å². The highest BCUT2D eigenvalue weighted by atomic mass is 32.2. The predicted molar refractivity (Wildman–Crippen MR) is 134 cm³/mol. The molecular formula is C26H25F2N7O2S. The Morgan fingerprint density at radius 3 is 2.61 bits per heavy atom. The minimum atomic E-state index is -3.14. The average Bonchev–Trinajstić information content (AvgIpc) is 3.50. The number of benzene rings is 1. The van der Waals surface area contributed by atoms with Crippen LogP contribution in [0.15, 0.2) is 42.9 Å². The molecule has 0 spiro atoms. The quantitative estimate of drug-likeness (QED) is 0.366. The zero-order valence-electron chi connectivity index (χ0n) is 21.1. The Labute approximate surface area is 218 Å². The van der Waals surface area contributed by atoms with Crippen LogP contribution in [-0.4, -0.2) is 55.4 Å². The molecule has 6 rings (SSSR count). The van der Waals surface area contributed by atoms with E-state index in [9.17, 15) is 17.2 Å². The zero-order chi connectivity index (χ0) is 26.9. The summed E-state index contributed by atoms with van der Waals surface area (Å²) in [5.41, 5.74) is 1.55. The molecule has 3 aromatic heterocycles. The van der Waals surface area contributed by atoms with Crippen molar-refractivity contribution >= 4 is 9.84 Å². The largest absolute Gasteiger partial charge is 0.252 e. The van der Waals surface area contributed by atoms with Gasteiger partial charge in [0.15, 0.2) is 5.82 Å². The van der Waals surface area contributed by atoms with Gasteiger partial charge in [0.2, 0.25) is 0 Å². The van der Waals surface area contributed by atoms with Crippen molar-refractivity contribution in [1.29, 1.82) is 0 Å². The number of fused-ring (bicyclic) bond motifs is 5. The lowest BCUT2D eigenvalue weighted by Gasteiger charge is -2.37. The number of nitrogens with zero attached hydrogens (tertiary/aromatic N) is 7. The molecule has 38 heavy (non-hydrogen) atoms. The fourth-order valence-electron chi connectivity index (χ4n) is 6.24. The SMILES string of the molecule is CC1(C)[C@H]2CCC1(c1ccnc(-n3cnc(CCS(C)(=O)=O)n3)n1)c1nnc(-c3c(F)cccc3F)cc12. The molecule has 0 saturated heterocycles. The highest BCUT2D eigenvalue weighted by molar-refractivity contribution is 7.90. The van der Waals surface area contributed by atoms with Crippen LogP contribution >= 0.6 is 0 Å². The smallest absolute Gasteiger partial charge is 0.229 e. The van der Waals surface area contributed by atoms with E-state index in [1.54, 1.807) is 12.3 Å². The van der Waals surface area contributed by atoms with Gasteiger partial charge in [0.25, 0.3) is 5.95 Å². The van der Waals surface area contributed by atoms with Crippen molar-refractivity contribution in [1.82, 2.24) is 34.9 Å². The van der Waals surface area contributed by atoms with Crippen LogP contribution in [0.1, 0.15) is 55.4 Å². The molecule has 2 bridgehead atoms. The minimum Gasteiger partial charge on any atom is -0.229 e. The Balaban J connectivity index is 1.41. The lowest BCUT2D eigenvalue weighted by Crippen LogP contribution is -2.38. The Bertz CT molecular complexity index is 1670. The summed E-state index contributed by atoms with van der Waals surface area (Å²) in [5, 5.41) is 13.2.